The molecule has 3 nitrogen and oxygen atoms in total. The number of benzene rings is 1. The fourth-order valence-corrected chi connectivity index (χ4v) is 2.27. The van der Waals surface area contributed by atoms with E-state index in [2.05, 4.69) is 4.99 Å². The number of hydrogen-bond acceptors (Lipinski definition) is 2. The number of aliphatic imine (C=N–C) groups is 1. The van der Waals surface area contributed by atoms with Crippen molar-refractivity contribution in [2.24, 2.45) is 16.6 Å². The SMILES string of the molecule is CCOc1cccc(N=C(N)C2CCCC2)c1. The molecule has 0 amide bonds. The highest BCUT2D eigenvalue weighted by Gasteiger charge is 2.18. The van der Waals surface area contributed by atoms with Gasteiger partial charge in [-0.15, -0.1) is 0 Å². The third kappa shape index (κ3) is 3.22. The lowest BCUT2D eigenvalue weighted by Crippen LogP contribution is -2.20. The molecule has 3 heteroatoms. The lowest BCUT2D eigenvalue weighted by Gasteiger charge is -2.08. The average molecular weight is 232 g/mol. The van der Waals surface area contributed by atoms with Gasteiger partial charge in [0.25, 0.3) is 0 Å². The zero-order valence-corrected chi connectivity index (χ0v) is 10.4. The van der Waals surface area contributed by atoms with Crippen LogP contribution < -0.4 is 10.5 Å². The Morgan fingerprint density at radius 2 is 2.18 bits per heavy atom. The highest BCUT2D eigenvalue weighted by molar-refractivity contribution is 5.85. The summed E-state index contributed by atoms with van der Waals surface area (Å²) in [5.41, 5.74) is 6.93. The van der Waals surface area contributed by atoms with E-state index in [9.17, 15) is 0 Å². The van der Waals surface area contributed by atoms with Crippen molar-refractivity contribution in [3.05, 3.63) is 24.3 Å². The molecule has 1 aliphatic rings. The quantitative estimate of drug-likeness (QED) is 0.639. The van der Waals surface area contributed by atoms with Gasteiger partial charge in [-0.2, -0.15) is 0 Å². The van der Waals surface area contributed by atoms with E-state index in [4.69, 9.17) is 10.5 Å². The Morgan fingerprint density at radius 3 is 2.88 bits per heavy atom. The first-order valence-electron chi connectivity index (χ1n) is 6.36. The maximum absolute atomic E-state index is 6.04. The van der Waals surface area contributed by atoms with Crippen LogP contribution in [0.15, 0.2) is 29.3 Å². The van der Waals surface area contributed by atoms with Crippen LogP contribution in [0.2, 0.25) is 0 Å². The van der Waals surface area contributed by atoms with E-state index >= 15 is 0 Å². The second-order valence-electron chi connectivity index (χ2n) is 4.45. The first-order chi connectivity index (χ1) is 8.29. The van der Waals surface area contributed by atoms with Crippen molar-refractivity contribution < 1.29 is 4.74 Å². The van der Waals surface area contributed by atoms with Crippen molar-refractivity contribution in [2.75, 3.05) is 6.61 Å². The van der Waals surface area contributed by atoms with E-state index in [0.29, 0.717) is 12.5 Å². The minimum atomic E-state index is 0.478. The standard InChI is InChI=1S/C14H20N2O/c1-2-17-13-9-5-8-12(10-13)16-14(15)11-6-3-4-7-11/h5,8-11H,2-4,6-7H2,1H3,(H2,15,16). The smallest absolute Gasteiger partial charge is 0.121 e. The molecule has 0 bridgehead atoms. The van der Waals surface area contributed by atoms with Crippen LogP contribution in [-0.2, 0) is 0 Å². The Morgan fingerprint density at radius 1 is 1.41 bits per heavy atom. The maximum atomic E-state index is 6.04. The van der Waals surface area contributed by atoms with E-state index in [0.717, 1.165) is 17.3 Å². The number of amidine groups is 1. The van der Waals surface area contributed by atoms with Crippen LogP contribution in [0.25, 0.3) is 0 Å². The fraction of sp³-hybridized carbons (Fsp3) is 0.500. The highest BCUT2D eigenvalue weighted by Crippen LogP contribution is 2.27. The van der Waals surface area contributed by atoms with Crippen molar-refractivity contribution in [1.29, 1.82) is 0 Å². The number of nitrogens with two attached hydrogens (primary N) is 1. The van der Waals surface area contributed by atoms with Gasteiger partial charge in [-0.25, -0.2) is 4.99 Å². The Hall–Kier alpha value is -1.51. The normalized spacial score (nSPS) is 17.4. The number of hydrogen-bond donors (Lipinski definition) is 1. The van der Waals surface area contributed by atoms with Crippen molar-refractivity contribution >= 4 is 11.5 Å². The largest absolute Gasteiger partial charge is 0.494 e. The molecule has 0 radical (unpaired) electrons. The van der Waals surface area contributed by atoms with Crippen LogP contribution in [0.5, 0.6) is 5.75 Å². The van der Waals surface area contributed by atoms with Gasteiger partial charge in [0.05, 0.1) is 12.3 Å². The second kappa shape index (κ2) is 5.71. The van der Waals surface area contributed by atoms with Crippen molar-refractivity contribution in [3.63, 3.8) is 0 Å². The molecule has 92 valence electrons. The molecule has 0 aliphatic heterocycles. The topological polar surface area (TPSA) is 47.6 Å². The summed E-state index contributed by atoms with van der Waals surface area (Å²) in [6, 6.07) is 7.79. The summed E-state index contributed by atoms with van der Waals surface area (Å²) in [7, 11) is 0. The average Bonchev–Trinajstić information content (AvgIpc) is 2.83. The van der Waals surface area contributed by atoms with Crippen molar-refractivity contribution in [3.8, 4) is 5.75 Å². The third-order valence-electron chi connectivity index (χ3n) is 3.16. The molecule has 2 N–H and O–H groups in total. The van der Waals surface area contributed by atoms with E-state index < -0.39 is 0 Å². The molecule has 1 saturated carbocycles. The van der Waals surface area contributed by atoms with Gasteiger partial charge in [0.15, 0.2) is 0 Å². The molecule has 1 aromatic rings. The zero-order chi connectivity index (χ0) is 12.1. The molecule has 0 spiro atoms. The number of nitrogens with zero attached hydrogens (tertiary/aromatic N) is 1. The van der Waals surface area contributed by atoms with Crippen LogP contribution in [0.3, 0.4) is 0 Å². The summed E-state index contributed by atoms with van der Waals surface area (Å²) in [5.74, 6) is 2.11. The molecule has 0 unspecified atom stereocenters. The summed E-state index contributed by atoms with van der Waals surface area (Å²) in [6.07, 6.45) is 4.92. The van der Waals surface area contributed by atoms with Crippen molar-refractivity contribution in [1.82, 2.24) is 0 Å². The maximum Gasteiger partial charge on any atom is 0.121 e. The van der Waals surface area contributed by atoms with E-state index in [1.807, 2.05) is 31.2 Å². The van der Waals surface area contributed by atoms with Gasteiger partial charge in [0, 0.05) is 12.0 Å². The molecule has 1 aromatic carbocycles. The number of rotatable bonds is 4. The predicted molar refractivity (Wildman–Crippen MR) is 70.9 cm³/mol. The molecule has 0 atom stereocenters. The first kappa shape index (κ1) is 12.0. The lowest BCUT2D eigenvalue weighted by atomic mass is 10.1. The monoisotopic (exact) mass is 232 g/mol. The van der Waals surface area contributed by atoms with E-state index in [1.54, 1.807) is 0 Å². The molecule has 0 saturated heterocycles. The summed E-state index contributed by atoms with van der Waals surface area (Å²) >= 11 is 0. The molecule has 17 heavy (non-hydrogen) atoms. The minimum absolute atomic E-state index is 0.478. The zero-order valence-electron chi connectivity index (χ0n) is 10.4. The Kier molecular flexibility index (Phi) is 4.02. The number of ether oxygens (including phenoxy) is 1. The van der Waals surface area contributed by atoms with Gasteiger partial charge in [-0.3, -0.25) is 0 Å². The van der Waals surface area contributed by atoms with Crippen molar-refractivity contribution in [2.45, 2.75) is 32.6 Å². The van der Waals surface area contributed by atoms with Crippen LogP contribution in [0.1, 0.15) is 32.6 Å². The van der Waals surface area contributed by atoms with Crippen LogP contribution >= 0.6 is 0 Å². The van der Waals surface area contributed by atoms with Gasteiger partial charge in [0.2, 0.25) is 0 Å². The highest BCUT2D eigenvalue weighted by atomic mass is 16.5. The van der Waals surface area contributed by atoms with Gasteiger partial charge < -0.3 is 10.5 Å². The fourth-order valence-electron chi connectivity index (χ4n) is 2.27. The van der Waals surface area contributed by atoms with Gasteiger partial charge in [0.1, 0.15) is 11.6 Å². The summed E-state index contributed by atoms with van der Waals surface area (Å²) in [4.78, 5) is 4.50. The molecule has 1 fully saturated rings. The Balaban J connectivity index is 2.10. The molecule has 1 aliphatic carbocycles. The molecule has 2 rings (SSSR count). The minimum Gasteiger partial charge on any atom is -0.494 e. The predicted octanol–water partition coefficient (Wildman–Crippen LogP) is 3.26. The Labute approximate surface area is 103 Å². The van der Waals surface area contributed by atoms with E-state index in [-0.39, 0.29) is 0 Å². The molecule has 0 heterocycles. The summed E-state index contributed by atoms with van der Waals surface area (Å²) < 4.78 is 5.44. The summed E-state index contributed by atoms with van der Waals surface area (Å²) in [5, 5.41) is 0. The van der Waals surface area contributed by atoms with Gasteiger partial charge in [-0.05, 0) is 31.9 Å². The molecular weight excluding hydrogens is 212 g/mol. The molecular formula is C14H20N2O. The first-order valence-corrected chi connectivity index (χ1v) is 6.36. The van der Waals surface area contributed by atoms with Crippen LogP contribution in [0, 0.1) is 5.92 Å². The second-order valence-corrected chi connectivity index (χ2v) is 4.45. The van der Waals surface area contributed by atoms with Crippen LogP contribution in [0.4, 0.5) is 5.69 Å². The van der Waals surface area contributed by atoms with E-state index in [1.165, 1.54) is 25.7 Å². The molecule has 0 aromatic heterocycles. The van der Waals surface area contributed by atoms with Crippen LogP contribution in [-0.4, -0.2) is 12.4 Å². The van der Waals surface area contributed by atoms with Gasteiger partial charge >= 0.3 is 0 Å². The third-order valence-corrected chi connectivity index (χ3v) is 3.16. The summed E-state index contributed by atoms with van der Waals surface area (Å²) in [6.45, 7) is 2.65. The lowest BCUT2D eigenvalue weighted by molar-refractivity contribution is 0.340. The van der Waals surface area contributed by atoms with Gasteiger partial charge in [-0.1, -0.05) is 18.9 Å². The Bertz CT molecular complexity index is 395.